The maximum absolute atomic E-state index is 12.4. The lowest BCUT2D eigenvalue weighted by atomic mass is 10.1. The van der Waals surface area contributed by atoms with Crippen LogP contribution in [0.25, 0.3) is 0 Å². The predicted molar refractivity (Wildman–Crippen MR) is 120 cm³/mol. The highest BCUT2D eigenvalue weighted by Gasteiger charge is 2.17. The van der Waals surface area contributed by atoms with Gasteiger partial charge in [-0.2, -0.15) is 0 Å². The van der Waals surface area contributed by atoms with Crippen molar-refractivity contribution in [1.29, 1.82) is 0 Å². The van der Waals surface area contributed by atoms with Crippen molar-refractivity contribution in [3.05, 3.63) is 51.5 Å². The van der Waals surface area contributed by atoms with Crippen molar-refractivity contribution >= 4 is 35.2 Å². The number of carbonyl (C=O) groups excluding carboxylic acids is 2. The van der Waals surface area contributed by atoms with Gasteiger partial charge in [-0.25, -0.2) is 0 Å². The highest BCUT2D eigenvalue weighted by atomic mass is 79.9. The molecule has 1 atom stereocenters. The minimum atomic E-state index is -3.22. The Hall–Kier alpha value is -2.35. The Morgan fingerprint density at radius 2 is 1.94 bits per heavy atom. The molecule has 0 fully saturated rings. The number of rotatable bonds is 9. The predicted octanol–water partition coefficient (Wildman–Crippen LogP) is 4.34. The highest BCUT2D eigenvalue weighted by Crippen LogP contribution is 2.42. The van der Waals surface area contributed by atoms with Crippen LogP contribution in [-0.2, 0) is 20.3 Å². The van der Waals surface area contributed by atoms with E-state index in [9.17, 15) is 24.2 Å². The fourth-order valence-electron chi connectivity index (χ4n) is 2.75. The number of phenols is 1. The molecule has 0 aromatic heterocycles. The van der Waals surface area contributed by atoms with Crippen LogP contribution in [-0.4, -0.2) is 41.7 Å². The number of amides is 1. The molecule has 0 saturated carbocycles. The van der Waals surface area contributed by atoms with E-state index in [0.29, 0.717) is 22.2 Å². The Labute approximate surface area is 189 Å². The van der Waals surface area contributed by atoms with E-state index < -0.39 is 19.2 Å². The monoisotopic (exact) mass is 513 g/mol. The van der Waals surface area contributed by atoms with E-state index in [0.717, 1.165) is 5.56 Å². The molecule has 0 aliphatic carbocycles. The molecule has 0 bridgehead atoms. The Balaban J connectivity index is 2.17. The molecule has 31 heavy (non-hydrogen) atoms. The molecule has 0 radical (unpaired) electrons. The van der Waals surface area contributed by atoms with Crippen LogP contribution in [0, 0.1) is 6.92 Å². The molecular weight excluding hydrogens is 489 g/mol. The number of aromatic hydroxyl groups is 1. The summed E-state index contributed by atoms with van der Waals surface area (Å²) < 4.78 is 23.0. The number of carbonyl (C=O) groups is 2. The Morgan fingerprint density at radius 1 is 1.23 bits per heavy atom. The molecule has 1 unspecified atom stereocenters. The zero-order valence-electron chi connectivity index (χ0n) is 17.5. The molecule has 1 amide bonds. The van der Waals surface area contributed by atoms with Gasteiger partial charge in [0.1, 0.15) is 23.8 Å². The van der Waals surface area contributed by atoms with Crippen molar-refractivity contribution in [2.75, 3.05) is 19.8 Å². The molecular formula is C21H25BrNO7P. The second-order valence-electron chi connectivity index (χ2n) is 7.12. The molecule has 2 aromatic carbocycles. The number of hydrogen-bond donors (Lipinski definition) is 3. The third-order valence-corrected chi connectivity index (χ3v) is 5.60. The largest absolute Gasteiger partial charge is 0.507 e. The van der Waals surface area contributed by atoms with Gasteiger partial charge < -0.3 is 24.8 Å². The minimum Gasteiger partial charge on any atom is -0.507 e. The first-order chi connectivity index (χ1) is 14.5. The van der Waals surface area contributed by atoms with Crippen LogP contribution in [0.5, 0.6) is 17.2 Å². The third-order valence-electron chi connectivity index (χ3n) is 4.06. The Bertz CT molecular complexity index is 996. The number of halogens is 1. The summed E-state index contributed by atoms with van der Waals surface area (Å²) in [5, 5.41) is 12.4. The van der Waals surface area contributed by atoms with Crippen LogP contribution >= 0.6 is 23.3 Å². The summed E-state index contributed by atoms with van der Waals surface area (Å²) in [6.07, 6.45) is 0.713. The minimum absolute atomic E-state index is 0.0386. The number of phenolic OH excluding ortho intramolecular Hbond substituents is 1. The molecule has 2 rings (SSSR count). The molecule has 2 aromatic rings. The van der Waals surface area contributed by atoms with Gasteiger partial charge in [-0.15, -0.1) is 0 Å². The molecule has 0 aliphatic heterocycles. The SMILES string of the molecule is CCCOC(=O)CNC(=O)c1cc(Oc2c(C)cc(CP(C)(=O)O)cc2Br)ccc1O. The molecule has 0 saturated heterocycles. The number of hydrogen-bond acceptors (Lipinski definition) is 6. The van der Waals surface area contributed by atoms with Gasteiger partial charge in [0.2, 0.25) is 7.37 Å². The van der Waals surface area contributed by atoms with E-state index in [1.54, 1.807) is 19.1 Å². The number of aryl methyl sites for hydroxylation is 1. The summed E-state index contributed by atoms with van der Waals surface area (Å²) in [6.45, 7) is 4.90. The second kappa shape index (κ2) is 10.8. The van der Waals surface area contributed by atoms with Gasteiger partial charge in [-0.3, -0.25) is 14.2 Å². The Kier molecular flexibility index (Phi) is 8.68. The summed E-state index contributed by atoms with van der Waals surface area (Å²) >= 11 is 3.41. The standard InChI is InChI=1S/C21H25BrNO7P/c1-4-7-29-19(25)11-23-21(26)16-10-15(5-6-18(16)24)30-20-13(2)8-14(9-17(20)22)12-31(3,27)28/h5-6,8-10,24H,4,7,11-12H2,1-3H3,(H,23,26)(H,27,28). The summed E-state index contributed by atoms with van der Waals surface area (Å²) in [6, 6.07) is 7.62. The average Bonchev–Trinajstić information content (AvgIpc) is 2.67. The lowest BCUT2D eigenvalue weighted by Gasteiger charge is -2.15. The number of esters is 1. The number of benzene rings is 2. The van der Waals surface area contributed by atoms with E-state index in [1.165, 1.54) is 24.9 Å². The van der Waals surface area contributed by atoms with E-state index >= 15 is 0 Å². The van der Waals surface area contributed by atoms with Gasteiger partial charge in [-0.1, -0.05) is 13.0 Å². The van der Waals surface area contributed by atoms with Crippen LogP contribution in [0.1, 0.15) is 34.8 Å². The van der Waals surface area contributed by atoms with Gasteiger partial charge in [0, 0.05) is 12.8 Å². The summed E-state index contributed by atoms with van der Waals surface area (Å²) in [4.78, 5) is 33.5. The molecule has 10 heteroatoms. The average molecular weight is 514 g/mol. The second-order valence-corrected chi connectivity index (χ2v) is 10.4. The van der Waals surface area contributed by atoms with Gasteiger partial charge in [-0.05, 0) is 64.7 Å². The first kappa shape index (κ1) is 24.9. The smallest absolute Gasteiger partial charge is 0.325 e. The van der Waals surface area contributed by atoms with Crippen molar-refractivity contribution in [1.82, 2.24) is 5.32 Å². The molecule has 168 valence electrons. The lowest BCUT2D eigenvalue weighted by Crippen LogP contribution is -2.30. The van der Waals surface area contributed by atoms with Crippen molar-refractivity contribution in [3.8, 4) is 17.2 Å². The van der Waals surface area contributed by atoms with Gasteiger partial charge >= 0.3 is 5.97 Å². The maximum atomic E-state index is 12.4. The van der Waals surface area contributed by atoms with E-state index in [4.69, 9.17) is 9.47 Å². The Morgan fingerprint density at radius 3 is 2.55 bits per heavy atom. The van der Waals surface area contributed by atoms with Crippen LogP contribution in [0.4, 0.5) is 0 Å². The number of nitrogens with one attached hydrogen (secondary N) is 1. The third kappa shape index (κ3) is 7.69. The fraction of sp³-hybridized carbons (Fsp3) is 0.333. The van der Waals surface area contributed by atoms with E-state index in [-0.39, 0.29) is 36.4 Å². The molecule has 8 nitrogen and oxygen atoms in total. The van der Waals surface area contributed by atoms with Crippen molar-refractivity contribution in [2.24, 2.45) is 0 Å². The van der Waals surface area contributed by atoms with Crippen molar-refractivity contribution in [3.63, 3.8) is 0 Å². The van der Waals surface area contributed by atoms with Crippen LogP contribution in [0.15, 0.2) is 34.8 Å². The van der Waals surface area contributed by atoms with E-state index in [2.05, 4.69) is 21.2 Å². The highest BCUT2D eigenvalue weighted by molar-refractivity contribution is 9.10. The van der Waals surface area contributed by atoms with E-state index in [1.807, 2.05) is 6.92 Å². The zero-order valence-corrected chi connectivity index (χ0v) is 20.0. The normalized spacial score (nSPS) is 12.7. The number of ether oxygens (including phenoxy) is 2. The van der Waals surface area contributed by atoms with Gasteiger partial charge in [0.05, 0.1) is 16.6 Å². The zero-order chi connectivity index (χ0) is 23.2. The quantitative estimate of drug-likeness (QED) is 0.336. The topological polar surface area (TPSA) is 122 Å². The van der Waals surface area contributed by atoms with Crippen molar-refractivity contribution < 1.29 is 33.6 Å². The molecule has 0 heterocycles. The maximum Gasteiger partial charge on any atom is 0.325 e. The fourth-order valence-corrected chi connectivity index (χ4v) is 4.30. The molecule has 3 N–H and O–H groups in total. The molecule has 0 aliphatic rings. The first-order valence-corrected chi connectivity index (χ1v) is 12.6. The van der Waals surface area contributed by atoms with Crippen molar-refractivity contribution in [2.45, 2.75) is 26.4 Å². The lowest BCUT2D eigenvalue weighted by molar-refractivity contribution is -0.142. The van der Waals surface area contributed by atoms with Crippen LogP contribution in [0.2, 0.25) is 0 Å². The van der Waals surface area contributed by atoms with Gasteiger partial charge in [0.15, 0.2) is 0 Å². The molecule has 0 spiro atoms. The first-order valence-electron chi connectivity index (χ1n) is 9.53. The van der Waals surface area contributed by atoms with Gasteiger partial charge in [0.25, 0.3) is 5.91 Å². The summed E-state index contributed by atoms with van der Waals surface area (Å²) in [5.74, 6) is -0.728. The summed E-state index contributed by atoms with van der Waals surface area (Å²) in [5.41, 5.74) is 1.35. The van der Waals surface area contributed by atoms with Crippen LogP contribution < -0.4 is 10.1 Å². The van der Waals surface area contributed by atoms with Crippen LogP contribution in [0.3, 0.4) is 0 Å². The summed E-state index contributed by atoms with van der Waals surface area (Å²) in [7, 11) is -3.22.